The number of nitrogens with zero attached hydrogens (tertiary/aromatic N) is 2. The molecule has 0 saturated carbocycles. The third-order valence-corrected chi connectivity index (χ3v) is 4.70. The van der Waals surface area contributed by atoms with E-state index < -0.39 is 5.91 Å². The van der Waals surface area contributed by atoms with E-state index >= 15 is 0 Å². The van der Waals surface area contributed by atoms with Crippen LogP contribution in [0, 0.1) is 0 Å². The minimum atomic E-state index is -0.532. The molecule has 2 aromatic heterocycles. The number of hydrogen-bond acceptors (Lipinski definition) is 6. The molecule has 2 heterocycles. The van der Waals surface area contributed by atoms with Crippen LogP contribution in [0.3, 0.4) is 0 Å². The number of aromatic nitrogens is 2. The number of anilines is 1. The Morgan fingerprint density at radius 1 is 1.30 bits per heavy atom. The SMILES string of the molecule is CC(C)c1nnc(NC(=O)c2cc(=O)c3ccc(Br)cc3o2)s1. The Balaban J connectivity index is 1.92. The lowest BCUT2D eigenvalue weighted by atomic mass is 10.2. The van der Waals surface area contributed by atoms with Gasteiger partial charge in [-0.2, -0.15) is 0 Å². The lowest BCUT2D eigenvalue weighted by Gasteiger charge is -2.03. The Labute approximate surface area is 143 Å². The zero-order valence-corrected chi connectivity index (χ0v) is 14.7. The van der Waals surface area contributed by atoms with Crippen molar-refractivity contribution in [1.29, 1.82) is 0 Å². The molecule has 0 spiro atoms. The van der Waals surface area contributed by atoms with Crippen LogP contribution in [0.5, 0.6) is 0 Å². The standard InChI is InChI=1S/C15H12BrN3O3S/c1-7(2)14-18-19-15(23-14)17-13(21)12-6-10(20)9-4-3-8(16)5-11(9)22-12/h3-7H,1-2H3,(H,17,19,21). The zero-order chi connectivity index (χ0) is 16.6. The summed E-state index contributed by atoms with van der Waals surface area (Å²) in [5, 5.41) is 12.1. The lowest BCUT2D eigenvalue weighted by molar-refractivity contribution is 0.0997. The van der Waals surface area contributed by atoms with Gasteiger partial charge < -0.3 is 4.42 Å². The molecule has 1 aromatic carbocycles. The summed E-state index contributed by atoms with van der Waals surface area (Å²) in [4.78, 5) is 24.3. The van der Waals surface area contributed by atoms with Crippen LogP contribution < -0.4 is 10.7 Å². The van der Waals surface area contributed by atoms with Crippen molar-refractivity contribution in [3.8, 4) is 0 Å². The van der Waals surface area contributed by atoms with Crippen LogP contribution in [-0.2, 0) is 0 Å². The molecular weight excluding hydrogens is 382 g/mol. The molecule has 6 nitrogen and oxygen atoms in total. The highest BCUT2D eigenvalue weighted by molar-refractivity contribution is 9.10. The van der Waals surface area contributed by atoms with Gasteiger partial charge in [0.2, 0.25) is 5.13 Å². The van der Waals surface area contributed by atoms with E-state index in [0.29, 0.717) is 16.1 Å². The molecule has 0 aliphatic heterocycles. The normalized spacial score (nSPS) is 11.1. The molecule has 0 unspecified atom stereocenters. The van der Waals surface area contributed by atoms with Crippen molar-refractivity contribution in [2.75, 3.05) is 5.32 Å². The highest BCUT2D eigenvalue weighted by Crippen LogP contribution is 2.23. The molecule has 118 valence electrons. The van der Waals surface area contributed by atoms with Gasteiger partial charge in [0.25, 0.3) is 5.91 Å². The number of halogens is 1. The number of nitrogens with one attached hydrogen (secondary N) is 1. The fraction of sp³-hybridized carbons (Fsp3) is 0.200. The van der Waals surface area contributed by atoms with E-state index in [0.717, 1.165) is 9.48 Å². The van der Waals surface area contributed by atoms with E-state index in [4.69, 9.17) is 4.42 Å². The van der Waals surface area contributed by atoms with Gasteiger partial charge in [-0.3, -0.25) is 14.9 Å². The summed E-state index contributed by atoms with van der Waals surface area (Å²) in [6, 6.07) is 6.21. The molecular formula is C15H12BrN3O3S. The Morgan fingerprint density at radius 3 is 2.78 bits per heavy atom. The first-order valence-electron chi connectivity index (χ1n) is 6.82. The molecule has 0 atom stereocenters. The van der Waals surface area contributed by atoms with E-state index in [2.05, 4.69) is 31.4 Å². The van der Waals surface area contributed by atoms with Crippen molar-refractivity contribution in [2.24, 2.45) is 0 Å². The molecule has 0 saturated heterocycles. The second-order valence-corrected chi connectivity index (χ2v) is 7.09. The largest absolute Gasteiger partial charge is 0.451 e. The van der Waals surface area contributed by atoms with Gasteiger partial charge in [-0.05, 0) is 18.2 Å². The third-order valence-electron chi connectivity index (χ3n) is 3.07. The summed E-state index contributed by atoms with van der Waals surface area (Å²) in [5.74, 6) is -0.369. The van der Waals surface area contributed by atoms with Gasteiger partial charge in [-0.25, -0.2) is 0 Å². The summed E-state index contributed by atoms with van der Waals surface area (Å²) >= 11 is 4.60. The Bertz CT molecular complexity index is 949. The summed E-state index contributed by atoms with van der Waals surface area (Å²) in [6.45, 7) is 3.98. The van der Waals surface area contributed by atoms with Gasteiger partial charge in [-0.1, -0.05) is 41.1 Å². The molecule has 3 rings (SSSR count). The monoisotopic (exact) mass is 393 g/mol. The van der Waals surface area contributed by atoms with Crippen LogP contribution in [0.15, 0.2) is 37.9 Å². The van der Waals surface area contributed by atoms with E-state index in [1.165, 1.54) is 17.4 Å². The van der Waals surface area contributed by atoms with Crippen molar-refractivity contribution >= 4 is 49.3 Å². The summed E-state index contributed by atoms with van der Waals surface area (Å²) in [6.07, 6.45) is 0. The average molecular weight is 394 g/mol. The van der Waals surface area contributed by atoms with Crippen LogP contribution >= 0.6 is 27.3 Å². The minimum Gasteiger partial charge on any atom is -0.451 e. The molecule has 0 radical (unpaired) electrons. The number of fused-ring (bicyclic) bond motifs is 1. The maximum atomic E-state index is 12.3. The van der Waals surface area contributed by atoms with Gasteiger partial charge in [0.05, 0.1) is 5.39 Å². The molecule has 0 aliphatic rings. The highest BCUT2D eigenvalue weighted by Gasteiger charge is 2.15. The van der Waals surface area contributed by atoms with Gasteiger partial charge in [-0.15, -0.1) is 10.2 Å². The Kier molecular flexibility index (Phi) is 4.27. The average Bonchev–Trinajstić information content (AvgIpc) is 2.95. The summed E-state index contributed by atoms with van der Waals surface area (Å²) < 4.78 is 6.29. The number of amides is 1. The van der Waals surface area contributed by atoms with Crippen molar-refractivity contribution < 1.29 is 9.21 Å². The van der Waals surface area contributed by atoms with Crippen molar-refractivity contribution in [3.63, 3.8) is 0 Å². The van der Waals surface area contributed by atoms with E-state index in [1.54, 1.807) is 18.2 Å². The predicted molar refractivity (Wildman–Crippen MR) is 92.1 cm³/mol. The fourth-order valence-electron chi connectivity index (χ4n) is 1.92. The third kappa shape index (κ3) is 3.32. The highest BCUT2D eigenvalue weighted by atomic mass is 79.9. The molecule has 3 aromatic rings. The molecule has 1 amide bonds. The quantitative estimate of drug-likeness (QED) is 0.731. The van der Waals surface area contributed by atoms with E-state index in [1.807, 2.05) is 13.8 Å². The maximum Gasteiger partial charge on any atom is 0.293 e. The fourth-order valence-corrected chi connectivity index (χ4v) is 3.00. The van der Waals surface area contributed by atoms with Crippen LogP contribution in [0.1, 0.15) is 35.3 Å². The first-order chi connectivity index (χ1) is 10.9. The maximum absolute atomic E-state index is 12.3. The zero-order valence-electron chi connectivity index (χ0n) is 12.3. The van der Waals surface area contributed by atoms with Crippen LogP contribution in [-0.4, -0.2) is 16.1 Å². The summed E-state index contributed by atoms with van der Waals surface area (Å²) in [7, 11) is 0. The van der Waals surface area contributed by atoms with Crippen LogP contribution in [0.4, 0.5) is 5.13 Å². The van der Waals surface area contributed by atoms with Crippen LogP contribution in [0.2, 0.25) is 0 Å². The number of carbonyl (C=O) groups is 1. The molecule has 0 bridgehead atoms. The summed E-state index contributed by atoms with van der Waals surface area (Å²) in [5.41, 5.74) is 0.0705. The van der Waals surface area contributed by atoms with E-state index in [9.17, 15) is 9.59 Å². The van der Waals surface area contributed by atoms with Crippen molar-refractivity contribution in [3.05, 3.63) is 49.7 Å². The molecule has 0 aliphatic carbocycles. The number of carbonyl (C=O) groups excluding carboxylic acids is 1. The Morgan fingerprint density at radius 2 is 2.09 bits per heavy atom. The van der Waals surface area contributed by atoms with Gasteiger partial charge in [0.15, 0.2) is 11.2 Å². The first-order valence-corrected chi connectivity index (χ1v) is 8.43. The van der Waals surface area contributed by atoms with Crippen LogP contribution in [0.25, 0.3) is 11.0 Å². The van der Waals surface area contributed by atoms with Gasteiger partial charge in [0, 0.05) is 16.5 Å². The second-order valence-electron chi connectivity index (χ2n) is 5.17. The second kappa shape index (κ2) is 6.21. The lowest BCUT2D eigenvalue weighted by Crippen LogP contribution is -2.14. The predicted octanol–water partition coefficient (Wildman–Crippen LogP) is 3.78. The molecule has 23 heavy (non-hydrogen) atoms. The smallest absolute Gasteiger partial charge is 0.293 e. The molecule has 1 N–H and O–H groups in total. The topological polar surface area (TPSA) is 85.1 Å². The van der Waals surface area contributed by atoms with Gasteiger partial charge in [0.1, 0.15) is 10.6 Å². The van der Waals surface area contributed by atoms with Gasteiger partial charge >= 0.3 is 0 Å². The van der Waals surface area contributed by atoms with Crippen molar-refractivity contribution in [2.45, 2.75) is 19.8 Å². The first kappa shape index (κ1) is 15.8. The van der Waals surface area contributed by atoms with Crippen molar-refractivity contribution in [1.82, 2.24) is 10.2 Å². The Hall–Kier alpha value is -2.06. The molecule has 0 fully saturated rings. The number of benzene rings is 1. The van der Waals surface area contributed by atoms with E-state index in [-0.39, 0.29) is 17.1 Å². The molecule has 8 heteroatoms. The number of hydrogen-bond donors (Lipinski definition) is 1. The number of rotatable bonds is 3. The minimum absolute atomic E-state index is 0.0677.